The molecule has 0 bridgehead atoms. The van der Waals surface area contributed by atoms with Crippen LogP contribution in [0.5, 0.6) is 0 Å². The topological polar surface area (TPSA) is 73.4 Å². The molecule has 4 N–H and O–H groups in total. The van der Waals surface area contributed by atoms with Gasteiger partial charge in [0.05, 0.1) is 11.4 Å². The van der Waals surface area contributed by atoms with Crippen molar-refractivity contribution in [3.63, 3.8) is 0 Å². The molecule has 3 aromatic rings. The van der Waals surface area contributed by atoms with Crippen LogP contribution >= 0.6 is 11.6 Å². The van der Waals surface area contributed by atoms with Crippen molar-refractivity contribution in [1.82, 2.24) is 5.48 Å². The van der Waals surface area contributed by atoms with Gasteiger partial charge in [0.1, 0.15) is 6.17 Å². The summed E-state index contributed by atoms with van der Waals surface area (Å²) in [7, 11) is 0. The number of halogens is 1. The maximum atomic E-state index is 11.5. The van der Waals surface area contributed by atoms with Crippen molar-refractivity contribution in [2.75, 3.05) is 10.6 Å². The molecule has 26 heavy (non-hydrogen) atoms. The molecule has 1 heterocycles. The van der Waals surface area contributed by atoms with E-state index in [1.807, 2.05) is 42.5 Å². The summed E-state index contributed by atoms with van der Waals surface area (Å²) < 4.78 is 0. The van der Waals surface area contributed by atoms with Crippen LogP contribution in [-0.2, 0) is 0 Å². The largest absolute Gasteiger partial charge is 0.360 e. The van der Waals surface area contributed by atoms with Gasteiger partial charge in [-0.3, -0.25) is 10.0 Å². The summed E-state index contributed by atoms with van der Waals surface area (Å²) in [5.74, 6) is -0.538. The van der Waals surface area contributed by atoms with Crippen LogP contribution in [0.3, 0.4) is 0 Å². The zero-order valence-electron chi connectivity index (χ0n) is 13.7. The van der Waals surface area contributed by atoms with E-state index in [1.165, 1.54) is 0 Å². The molecular weight excluding hydrogens is 350 g/mol. The van der Waals surface area contributed by atoms with Crippen LogP contribution in [0.1, 0.15) is 22.1 Å². The lowest BCUT2D eigenvalue weighted by molar-refractivity contribution is 0.0706. The third-order valence-corrected chi connectivity index (χ3v) is 4.62. The molecule has 0 aromatic heterocycles. The van der Waals surface area contributed by atoms with Gasteiger partial charge in [-0.05, 0) is 47.0 Å². The van der Waals surface area contributed by atoms with Gasteiger partial charge in [0.15, 0.2) is 0 Å². The highest BCUT2D eigenvalue weighted by atomic mass is 35.5. The Morgan fingerprint density at radius 1 is 0.923 bits per heavy atom. The van der Waals surface area contributed by atoms with E-state index in [-0.39, 0.29) is 6.17 Å². The zero-order valence-corrected chi connectivity index (χ0v) is 14.4. The van der Waals surface area contributed by atoms with Crippen molar-refractivity contribution in [3.05, 3.63) is 82.9 Å². The van der Waals surface area contributed by atoms with Crippen LogP contribution < -0.4 is 16.1 Å². The molecule has 0 fully saturated rings. The van der Waals surface area contributed by atoms with Gasteiger partial charge in [-0.1, -0.05) is 48.0 Å². The number of hydrogen-bond donors (Lipinski definition) is 4. The number of anilines is 2. The predicted molar refractivity (Wildman–Crippen MR) is 103 cm³/mol. The first-order valence-corrected chi connectivity index (χ1v) is 8.49. The third-order valence-electron chi connectivity index (χ3n) is 4.38. The molecule has 6 heteroatoms. The van der Waals surface area contributed by atoms with Gasteiger partial charge >= 0.3 is 0 Å². The lowest BCUT2D eigenvalue weighted by Gasteiger charge is -2.13. The highest BCUT2D eigenvalue weighted by Crippen LogP contribution is 2.36. The van der Waals surface area contributed by atoms with Gasteiger partial charge in [-0.25, -0.2) is 5.48 Å². The summed E-state index contributed by atoms with van der Waals surface area (Å²) in [4.78, 5) is 11.5. The molecule has 130 valence electrons. The van der Waals surface area contributed by atoms with E-state index in [1.54, 1.807) is 17.6 Å². The van der Waals surface area contributed by atoms with Crippen molar-refractivity contribution >= 4 is 28.9 Å². The molecule has 0 spiro atoms. The minimum atomic E-state index is -0.538. The number of carbonyl (C=O) groups is 1. The lowest BCUT2D eigenvalue weighted by atomic mass is 10.0. The molecule has 0 saturated heterocycles. The van der Waals surface area contributed by atoms with Crippen LogP contribution in [0.25, 0.3) is 11.1 Å². The van der Waals surface area contributed by atoms with Crippen LogP contribution in [0.2, 0.25) is 5.02 Å². The first-order chi connectivity index (χ1) is 12.6. The van der Waals surface area contributed by atoms with Gasteiger partial charge in [-0.2, -0.15) is 0 Å². The van der Waals surface area contributed by atoms with E-state index in [0.717, 1.165) is 28.1 Å². The summed E-state index contributed by atoms with van der Waals surface area (Å²) in [6, 6.07) is 21.1. The summed E-state index contributed by atoms with van der Waals surface area (Å²) >= 11 is 6.06. The second-order valence-corrected chi connectivity index (χ2v) is 6.49. The van der Waals surface area contributed by atoms with E-state index in [0.29, 0.717) is 10.6 Å². The average molecular weight is 366 g/mol. The number of fused-ring (bicyclic) bond motifs is 1. The molecule has 1 aliphatic heterocycles. The number of carbonyl (C=O) groups excluding carboxylic acids is 1. The van der Waals surface area contributed by atoms with E-state index >= 15 is 0 Å². The summed E-state index contributed by atoms with van der Waals surface area (Å²) in [5, 5.41) is 16.2. The lowest BCUT2D eigenvalue weighted by Crippen LogP contribution is -2.18. The second-order valence-electron chi connectivity index (χ2n) is 6.06. The molecule has 1 amide bonds. The molecule has 0 saturated carbocycles. The quantitative estimate of drug-likeness (QED) is 0.402. The van der Waals surface area contributed by atoms with Gasteiger partial charge in [0, 0.05) is 10.6 Å². The first kappa shape index (κ1) is 16.4. The smallest absolute Gasteiger partial charge is 0.274 e. The standard InChI is InChI=1S/C20H16ClN3O2/c21-16-3-1-2-14(10-16)12-4-6-13(7-5-12)19-22-17-9-8-15(20(25)24-26)11-18(17)23-19/h1-11,19,22-23,26H,(H,24,25). The Morgan fingerprint density at radius 2 is 1.69 bits per heavy atom. The van der Waals surface area contributed by atoms with Crippen LogP contribution in [-0.4, -0.2) is 11.1 Å². The summed E-state index contributed by atoms with van der Waals surface area (Å²) in [6.45, 7) is 0. The van der Waals surface area contributed by atoms with Crippen molar-refractivity contribution in [3.8, 4) is 11.1 Å². The number of nitrogens with one attached hydrogen (secondary N) is 3. The molecule has 1 aliphatic rings. The summed E-state index contributed by atoms with van der Waals surface area (Å²) in [6.07, 6.45) is -0.0918. The maximum Gasteiger partial charge on any atom is 0.274 e. The van der Waals surface area contributed by atoms with E-state index in [2.05, 4.69) is 22.8 Å². The minimum Gasteiger partial charge on any atom is -0.360 e. The highest BCUT2D eigenvalue weighted by Gasteiger charge is 2.22. The Hall–Kier alpha value is -3.02. The third kappa shape index (κ3) is 3.10. The Balaban J connectivity index is 1.54. The van der Waals surface area contributed by atoms with Gasteiger partial charge in [-0.15, -0.1) is 0 Å². The Kier molecular flexibility index (Phi) is 4.24. The van der Waals surface area contributed by atoms with Crippen molar-refractivity contribution in [1.29, 1.82) is 0 Å². The first-order valence-electron chi connectivity index (χ1n) is 8.11. The van der Waals surface area contributed by atoms with Crippen LogP contribution in [0, 0.1) is 0 Å². The fraction of sp³-hybridized carbons (Fsp3) is 0.0500. The molecule has 0 radical (unpaired) electrons. The van der Waals surface area contributed by atoms with Crippen molar-refractivity contribution < 1.29 is 10.0 Å². The molecular formula is C20H16ClN3O2. The summed E-state index contributed by atoms with van der Waals surface area (Å²) in [5.41, 5.74) is 6.98. The van der Waals surface area contributed by atoms with E-state index in [4.69, 9.17) is 16.8 Å². The Bertz CT molecular complexity index is 973. The fourth-order valence-electron chi connectivity index (χ4n) is 3.05. The maximum absolute atomic E-state index is 11.5. The molecule has 4 rings (SSSR count). The predicted octanol–water partition coefficient (Wildman–Crippen LogP) is 4.66. The van der Waals surface area contributed by atoms with E-state index < -0.39 is 5.91 Å². The molecule has 0 aliphatic carbocycles. The molecule has 3 aromatic carbocycles. The number of rotatable bonds is 3. The zero-order chi connectivity index (χ0) is 18.1. The van der Waals surface area contributed by atoms with Crippen LogP contribution in [0.4, 0.5) is 11.4 Å². The van der Waals surface area contributed by atoms with Crippen molar-refractivity contribution in [2.24, 2.45) is 0 Å². The van der Waals surface area contributed by atoms with Gasteiger partial charge < -0.3 is 10.6 Å². The Labute approximate surface area is 155 Å². The highest BCUT2D eigenvalue weighted by molar-refractivity contribution is 6.30. The fourth-order valence-corrected chi connectivity index (χ4v) is 3.24. The van der Waals surface area contributed by atoms with E-state index in [9.17, 15) is 4.79 Å². The molecule has 5 nitrogen and oxygen atoms in total. The minimum absolute atomic E-state index is 0.0918. The average Bonchev–Trinajstić information content (AvgIpc) is 3.11. The normalized spacial score (nSPS) is 14.9. The van der Waals surface area contributed by atoms with Crippen molar-refractivity contribution in [2.45, 2.75) is 6.17 Å². The number of amides is 1. The number of hydrogen-bond acceptors (Lipinski definition) is 4. The number of hydroxylamine groups is 1. The van der Waals surface area contributed by atoms with Crippen LogP contribution in [0.15, 0.2) is 66.7 Å². The SMILES string of the molecule is O=C(NO)c1ccc2c(c1)NC(c1ccc(-c3cccc(Cl)c3)cc1)N2. The molecule has 1 unspecified atom stereocenters. The number of benzene rings is 3. The molecule has 1 atom stereocenters. The Morgan fingerprint density at radius 3 is 2.42 bits per heavy atom. The second kappa shape index (κ2) is 6.71. The monoisotopic (exact) mass is 365 g/mol. The van der Waals surface area contributed by atoms with Gasteiger partial charge in [0.25, 0.3) is 5.91 Å². The van der Waals surface area contributed by atoms with Gasteiger partial charge in [0.2, 0.25) is 0 Å².